The molecule has 2 aromatic rings. The first-order valence-corrected chi connectivity index (χ1v) is 11.4. The number of anilines is 3. The van der Waals surface area contributed by atoms with Crippen LogP contribution in [0.2, 0.25) is 0 Å². The Labute approximate surface area is 195 Å². The molecule has 11 heteroatoms. The molecule has 2 fully saturated rings. The Hall–Kier alpha value is -3.76. The van der Waals surface area contributed by atoms with Crippen molar-refractivity contribution in [2.75, 3.05) is 17.2 Å². The highest BCUT2D eigenvalue weighted by atomic mass is 16.4. The van der Waals surface area contributed by atoms with E-state index in [1.807, 2.05) is 0 Å². The van der Waals surface area contributed by atoms with Gasteiger partial charge in [0.1, 0.15) is 41.3 Å². The Balaban J connectivity index is 1.43. The zero-order valence-electron chi connectivity index (χ0n) is 18.8. The van der Waals surface area contributed by atoms with Crippen LogP contribution >= 0.6 is 0 Å². The third-order valence-electron chi connectivity index (χ3n) is 7.24. The Bertz CT molecular complexity index is 1240. The summed E-state index contributed by atoms with van der Waals surface area (Å²) >= 11 is 0. The predicted octanol–water partition coefficient (Wildman–Crippen LogP) is 1.75. The number of carboxylic acid groups (broad SMARTS) is 1. The van der Waals surface area contributed by atoms with Crippen molar-refractivity contribution in [3.8, 4) is 0 Å². The van der Waals surface area contributed by atoms with Gasteiger partial charge in [-0.25, -0.2) is 9.97 Å². The molecule has 1 spiro atoms. The molecule has 0 radical (unpaired) electrons. The van der Waals surface area contributed by atoms with E-state index in [1.165, 1.54) is 10.9 Å². The number of hydrogen-bond acceptors (Lipinski definition) is 8. The molecule has 2 saturated carbocycles. The van der Waals surface area contributed by atoms with Gasteiger partial charge in [-0.1, -0.05) is 0 Å². The number of aromatic nitrogens is 3. The summed E-state index contributed by atoms with van der Waals surface area (Å²) < 4.78 is 1.49. The molecule has 2 aromatic heterocycles. The molecule has 5 rings (SSSR count). The molecule has 0 saturated heterocycles. The summed E-state index contributed by atoms with van der Waals surface area (Å²) in [6.45, 7) is 2.25. The fraction of sp³-hybridized carbons (Fsp3) is 0.478. The first-order chi connectivity index (χ1) is 16.3. The number of carboxylic acids is 1. The van der Waals surface area contributed by atoms with Crippen LogP contribution in [0, 0.1) is 18.3 Å². The summed E-state index contributed by atoms with van der Waals surface area (Å²) in [6, 6.07) is 3.28. The van der Waals surface area contributed by atoms with Gasteiger partial charge < -0.3 is 25.9 Å². The normalized spacial score (nSPS) is 24.3. The number of nitrogens with zero attached hydrogens (tertiary/aromatic N) is 3. The van der Waals surface area contributed by atoms with Crippen LogP contribution in [0.25, 0.3) is 0 Å². The largest absolute Gasteiger partial charge is 0.481 e. The van der Waals surface area contributed by atoms with Gasteiger partial charge in [-0.3, -0.25) is 19.0 Å². The average Bonchev–Trinajstić information content (AvgIpc) is 3.54. The molecule has 178 valence electrons. The highest BCUT2D eigenvalue weighted by Crippen LogP contribution is 2.43. The van der Waals surface area contributed by atoms with Crippen molar-refractivity contribution in [3.63, 3.8) is 0 Å². The Morgan fingerprint density at radius 3 is 2.56 bits per heavy atom. The van der Waals surface area contributed by atoms with Crippen LogP contribution < -0.4 is 21.5 Å². The molecular weight excluding hydrogens is 440 g/mol. The summed E-state index contributed by atoms with van der Waals surface area (Å²) in [5, 5.41) is 18.5. The molecule has 0 atom stereocenters. The van der Waals surface area contributed by atoms with E-state index in [1.54, 1.807) is 19.1 Å². The number of fused-ring (bicyclic) bond motifs is 2. The van der Waals surface area contributed by atoms with Crippen LogP contribution in [0.5, 0.6) is 0 Å². The van der Waals surface area contributed by atoms with Crippen LogP contribution in [0.4, 0.5) is 17.3 Å². The molecule has 0 aromatic carbocycles. The molecule has 0 unspecified atom stereocenters. The van der Waals surface area contributed by atoms with Crippen molar-refractivity contribution in [1.82, 2.24) is 19.9 Å². The minimum absolute atomic E-state index is 0.258. The fourth-order valence-electron chi connectivity index (χ4n) is 4.96. The number of carbonyl (C=O) groups is 3. The van der Waals surface area contributed by atoms with Crippen molar-refractivity contribution in [2.45, 2.75) is 51.1 Å². The second-order valence-electron chi connectivity index (χ2n) is 9.58. The highest BCUT2D eigenvalue weighted by Gasteiger charge is 2.47. The lowest BCUT2D eigenvalue weighted by molar-refractivity contribution is -0.143. The summed E-state index contributed by atoms with van der Waals surface area (Å²) in [5.74, 6) is -0.735. The van der Waals surface area contributed by atoms with Crippen molar-refractivity contribution in [1.29, 1.82) is 0 Å². The van der Waals surface area contributed by atoms with E-state index in [0.717, 1.165) is 19.1 Å². The van der Waals surface area contributed by atoms with E-state index in [0.29, 0.717) is 55.1 Å². The second kappa shape index (κ2) is 7.93. The molecule has 0 bridgehead atoms. The molecule has 34 heavy (non-hydrogen) atoms. The van der Waals surface area contributed by atoms with Gasteiger partial charge in [0, 0.05) is 18.0 Å². The summed E-state index contributed by atoms with van der Waals surface area (Å²) in [6.07, 6.45) is 5.53. The number of aliphatic carboxylic acids is 1. The first-order valence-electron chi connectivity index (χ1n) is 11.4. The molecular formula is C23H26N6O5. The number of nitrogens with one attached hydrogen (secondary N) is 3. The van der Waals surface area contributed by atoms with Crippen LogP contribution in [0.1, 0.15) is 54.6 Å². The van der Waals surface area contributed by atoms with Gasteiger partial charge in [0.25, 0.3) is 11.5 Å². The summed E-state index contributed by atoms with van der Waals surface area (Å²) in [7, 11) is 0. The van der Waals surface area contributed by atoms with E-state index in [4.69, 9.17) is 0 Å². The highest BCUT2D eigenvalue weighted by molar-refractivity contribution is 5.97. The number of aryl methyl sites for hydroxylation is 1. The van der Waals surface area contributed by atoms with E-state index < -0.39 is 17.6 Å². The number of aldehydes is 1. The van der Waals surface area contributed by atoms with Gasteiger partial charge in [0.2, 0.25) is 0 Å². The van der Waals surface area contributed by atoms with E-state index >= 15 is 0 Å². The molecule has 3 heterocycles. The van der Waals surface area contributed by atoms with Crippen LogP contribution in [0.3, 0.4) is 0 Å². The van der Waals surface area contributed by atoms with Gasteiger partial charge >= 0.3 is 5.97 Å². The molecule has 1 aliphatic heterocycles. The van der Waals surface area contributed by atoms with Gasteiger partial charge in [-0.05, 0) is 57.1 Å². The average molecular weight is 466 g/mol. The summed E-state index contributed by atoms with van der Waals surface area (Å²) in [4.78, 5) is 57.3. The molecule has 4 N–H and O–H groups in total. The number of hydrogen-bond donors (Lipinski definition) is 4. The Kier molecular flexibility index (Phi) is 5.14. The maximum Gasteiger partial charge on any atom is 0.306 e. The topological polar surface area (TPSA) is 155 Å². The van der Waals surface area contributed by atoms with Gasteiger partial charge in [-0.15, -0.1) is 0 Å². The van der Waals surface area contributed by atoms with Crippen molar-refractivity contribution in [2.24, 2.45) is 11.3 Å². The lowest BCUT2D eigenvalue weighted by atomic mass is 9.81. The maximum atomic E-state index is 13.5. The van der Waals surface area contributed by atoms with Crippen LogP contribution in [-0.2, 0) is 15.3 Å². The summed E-state index contributed by atoms with van der Waals surface area (Å²) in [5.41, 5.74) is -0.428. The van der Waals surface area contributed by atoms with Crippen LogP contribution in [-0.4, -0.2) is 44.3 Å². The number of rotatable bonds is 7. The number of carbonyl (C=O) groups excluding carboxylic acids is 2. The Morgan fingerprint density at radius 2 is 1.91 bits per heavy atom. The quantitative estimate of drug-likeness (QED) is 0.447. The van der Waals surface area contributed by atoms with E-state index in [9.17, 15) is 24.3 Å². The predicted molar refractivity (Wildman–Crippen MR) is 122 cm³/mol. The van der Waals surface area contributed by atoms with Gasteiger partial charge in [-0.2, -0.15) is 0 Å². The molecule has 2 aliphatic carbocycles. The minimum atomic E-state index is -0.927. The molecule has 11 nitrogen and oxygen atoms in total. The first kappa shape index (κ1) is 22.1. The lowest BCUT2D eigenvalue weighted by Crippen LogP contribution is -2.50. The lowest BCUT2D eigenvalue weighted by Gasteiger charge is -2.37. The third-order valence-corrected chi connectivity index (χ3v) is 7.24. The third kappa shape index (κ3) is 3.70. The molecule has 3 aliphatic rings. The van der Waals surface area contributed by atoms with Crippen molar-refractivity contribution in [3.05, 3.63) is 40.1 Å². The minimum Gasteiger partial charge on any atom is -0.481 e. The van der Waals surface area contributed by atoms with Crippen molar-refractivity contribution >= 4 is 35.5 Å². The molecule has 1 amide bonds. The smallest absolute Gasteiger partial charge is 0.306 e. The van der Waals surface area contributed by atoms with Gasteiger partial charge in [0.05, 0.1) is 5.92 Å². The second-order valence-corrected chi connectivity index (χ2v) is 9.58. The zero-order chi connectivity index (χ0) is 24.1. The fourth-order valence-corrected chi connectivity index (χ4v) is 4.96. The monoisotopic (exact) mass is 466 g/mol. The van der Waals surface area contributed by atoms with Gasteiger partial charge in [0.15, 0.2) is 0 Å². The standard InChI is InChI=1S/C23H26N6O5/c1-13-8-15(27-17-9-16(25-12-26-17)24-10-22(11-30)6-7-22)20(32)29-18(13)19(31)28-23(29)4-2-14(3-5-23)21(33)34/h8-9,11-12,14H,2-7,10H2,1H3,(H,28,31)(H,33,34)(H2,24,25,26,27). The van der Waals surface area contributed by atoms with E-state index in [-0.39, 0.29) is 22.6 Å². The number of amides is 1. The van der Waals surface area contributed by atoms with Crippen LogP contribution in [0.15, 0.2) is 23.3 Å². The van der Waals surface area contributed by atoms with Crippen molar-refractivity contribution < 1.29 is 19.5 Å². The maximum absolute atomic E-state index is 13.5. The zero-order valence-corrected chi connectivity index (χ0v) is 18.8. The number of pyridine rings is 1. The Morgan fingerprint density at radius 1 is 1.21 bits per heavy atom. The van der Waals surface area contributed by atoms with E-state index in [2.05, 4.69) is 25.9 Å². The SMILES string of the molecule is Cc1cc(Nc2cc(NCC3(C=O)CC3)ncn2)c(=O)n2c1C(=O)NC21CCC(C(=O)O)CC1.